The summed E-state index contributed by atoms with van der Waals surface area (Å²) in [4.78, 5) is 15.9. The molecule has 0 aromatic carbocycles. The average molecular weight is 380 g/mol. The van der Waals surface area contributed by atoms with Gasteiger partial charge in [-0.1, -0.05) is 0 Å². The molecule has 0 aliphatic carbocycles. The number of pyridine rings is 1. The van der Waals surface area contributed by atoms with Crippen molar-refractivity contribution in [3.63, 3.8) is 0 Å². The second-order valence-corrected chi connectivity index (χ2v) is 6.27. The van der Waals surface area contributed by atoms with E-state index in [-0.39, 0.29) is 11.6 Å². The zero-order valence-electron chi connectivity index (χ0n) is 8.21. The monoisotopic (exact) mass is 378 g/mol. The number of carbonyl (C=O) groups is 1. The predicted octanol–water partition coefficient (Wildman–Crippen LogP) is 4.06. The number of nitrogens with zero attached hydrogens (tertiary/aromatic N) is 1. The van der Waals surface area contributed by atoms with Gasteiger partial charge in [0.05, 0.1) is 20.5 Å². The number of carbonyl (C=O) groups excluding carboxylic acids is 1. The summed E-state index contributed by atoms with van der Waals surface area (Å²) < 4.78 is 14.9. The lowest BCUT2D eigenvalue weighted by Gasteiger charge is -2.03. The Morgan fingerprint density at radius 2 is 2.24 bits per heavy atom. The van der Waals surface area contributed by atoms with Crippen molar-refractivity contribution < 1.29 is 9.18 Å². The van der Waals surface area contributed by atoms with E-state index in [1.54, 1.807) is 6.07 Å². The fraction of sp³-hybridized carbons (Fsp3) is 0. The minimum atomic E-state index is -0.560. The van der Waals surface area contributed by atoms with E-state index in [0.29, 0.717) is 4.88 Å². The standard InChI is InChI=1S/C10H5Br2FN2OS/c11-5-3-8(17-9(5)12)10(16)15-7-1-2-14-4-6(7)13/h1-4H,(H,14,15,16). The van der Waals surface area contributed by atoms with Crippen molar-refractivity contribution >= 4 is 54.8 Å². The van der Waals surface area contributed by atoms with E-state index in [4.69, 9.17) is 0 Å². The first-order valence-corrected chi connectivity index (χ1v) is 6.84. The van der Waals surface area contributed by atoms with Gasteiger partial charge in [0.25, 0.3) is 5.91 Å². The van der Waals surface area contributed by atoms with Crippen molar-refractivity contribution in [1.82, 2.24) is 4.98 Å². The molecule has 7 heteroatoms. The van der Waals surface area contributed by atoms with Crippen LogP contribution >= 0.6 is 43.2 Å². The highest BCUT2D eigenvalue weighted by Gasteiger charge is 2.13. The van der Waals surface area contributed by atoms with Crippen molar-refractivity contribution in [2.45, 2.75) is 0 Å². The lowest BCUT2D eigenvalue weighted by Crippen LogP contribution is -2.11. The molecule has 2 heterocycles. The third-order valence-electron chi connectivity index (χ3n) is 1.89. The molecule has 1 amide bonds. The van der Waals surface area contributed by atoms with Gasteiger partial charge < -0.3 is 5.32 Å². The van der Waals surface area contributed by atoms with Gasteiger partial charge in [0, 0.05) is 10.7 Å². The van der Waals surface area contributed by atoms with Gasteiger partial charge in [0.1, 0.15) is 0 Å². The molecule has 3 nitrogen and oxygen atoms in total. The predicted molar refractivity (Wildman–Crippen MR) is 71.9 cm³/mol. The molecule has 0 aliphatic heterocycles. The van der Waals surface area contributed by atoms with Gasteiger partial charge in [0.2, 0.25) is 0 Å². The molecule has 17 heavy (non-hydrogen) atoms. The van der Waals surface area contributed by atoms with Crippen LogP contribution in [0.15, 0.2) is 32.8 Å². The summed E-state index contributed by atoms with van der Waals surface area (Å²) in [6.45, 7) is 0. The van der Waals surface area contributed by atoms with Crippen molar-refractivity contribution in [3.05, 3.63) is 43.5 Å². The first-order valence-electron chi connectivity index (χ1n) is 4.43. The van der Waals surface area contributed by atoms with E-state index in [2.05, 4.69) is 42.2 Å². The molecule has 0 bridgehead atoms. The minimum absolute atomic E-state index is 0.116. The number of thiophene rings is 1. The highest BCUT2D eigenvalue weighted by atomic mass is 79.9. The fourth-order valence-corrected chi connectivity index (χ4v) is 3.05. The third-order valence-corrected chi connectivity index (χ3v) is 5.14. The molecular weight excluding hydrogens is 375 g/mol. The zero-order chi connectivity index (χ0) is 12.4. The lowest BCUT2D eigenvalue weighted by atomic mass is 10.3. The number of halogens is 3. The Hall–Kier alpha value is -0.790. The van der Waals surface area contributed by atoms with E-state index in [1.165, 1.54) is 23.6 Å². The summed E-state index contributed by atoms with van der Waals surface area (Å²) in [7, 11) is 0. The van der Waals surface area contributed by atoms with Gasteiger partial charge in [-0.15, -0.1) is 11.3 Å². The van der Waals surface area contributed by atoms with E-state index < -0.39 is 5.82 Å². The Kier molecular flexibility index (Phi) is 3.90. The largest absolute Gasteiger partial charge is 0.319 e. The Morgan fingerprint density at radius 3 is 2.82 bits per heavy atom. The molecule has 0 unspecified atom stereocenters. The average Bonchev–Trinajstić information content (AvgIpc) is 2.63. The second kappa shape index (κ2) is 5.24. The molecule has 2 aromatic rings. The van der Waals surface area contributed by atoms with Gasteiger partial charge >= 0.3 is 0 Å². The molecule has 0 spiro atoms. The van der Waals surface area contributed by atoms with E-state index in [0.717, 1.165) is 14.5 Å². The Labute approximate surface area is 117 Å². The summed E-state index contributed by atoms with van der Waals surface area (Å²) in [5, 5.41) is 2.48. The van der Waals surface area contributed by atoms with Gasteiger partial charge in [0.15, 0.2) is 5.82 Å². The normalized spacial score (nSPS) is 10.3. The number of rotatable bonds is 2. The van der Waals surface area contributed by atoms with Crippen LogP contribution in [-0.2, 0) is 0 Å². The van der Waals surface area contributed by atoms with E-state index in [9.17, 15) is 9.18 Å². The summed E-state index contributed by atoms with van der Waals surface area (Å²) in [5.74, 6) is -0.915. The highest BCUT2D eigenvalue weighted by Crippen LogP contribution is 2.32. The molecule has 0 atom stereocenters. The van der Waals surface area contributed by atoms with Crippen LogP contribution in [0.5, 0.6) is 0 Å². The Morgan fingerprint density at radius 1 is 1.47 bits per heavy atom. The first-order chi connectivity index (χ1) is 8.08. The summed E-state index contributed by atoms with van der Waals surface area (Å²) in [6, 6.07) is 3.08. The molecule has 2 rings (SSSR count). The van der Waals surface area contributed by atoms with E-state index >= 15 is 0 Å². The molecule has 0 aliphatic rings. The van der Waals surface area contributed by atoms with E-state index in [1.807, 2.05) is 0 Å². The van der Waals surface area contributed by atoms with Crippen LogP contribution in [0.2, 0.25) is 0 Å². The molecule has 0 fully saturated rings. The minimum Gasteiger partial charge on any atom is -0.319 e. The zero-order valence-corrected chi connectivity index (χ0v) is 12.2. The summed E-state index contributed by atoms with van der Waals surface area (Å²) in [6.07, 6.45) is 2.47. The van der Waals surface area contributed by atoms with Crippen LogP contribution in [-0.4, -0.2) is 10.9 Å². The smallest absolute Gasteiger partial charge is 0.265 e. The third kappa shape index (κ3) is 2.91. The lowest BCUT2D eigenvalue weighted by molar-refractivity contribution is 0.103. The Balaban J connectivity index is 2.20. The van der Waals surface area contributed by atoms with Crippen molar-refractivity contribution in [2.75, 3.05) is 5.32 Å². The highest BCUT2D eigenvalue weighted by molar-refractivity contribution is 9.13. The number of aromatic nitrogens is 1. The van der Waals surface area contributed by atoms with Gasteiger partial charge in [-0.05, 0) is 44.0 Å². The number of nitrogens with one attached hydrogen (secondary N) is 1. The SMILES string of the molecule is O=C(Nc1ccncc1F)c1cc(Br)c(Br)s1. The number of hydrogen-bond donors (Lipinski definition) is 1. The van der Waals surface area contributed by atoms with Crippen LogP contribution in [0.3, 0.4) is 0 Å². The number of anilines is 1. The van der Waals surface area contributed by atoms with Gasteiger partial charge in [-0.3, -0.25) is 9.78 Å². The molecule has 0 radical (unpaired) electrons. The first kappa shape index (κ1) is 12.7. The Bertz CT molecular complexity index is 554. The fourth-order valence-electron chi connectivity index (χ4n) is 1.12. The summed E-state index contributed by atoms with van der Waals surface area (Å²) >= 11 is 7.84. The van der Waals surface area contributed by atoms with Crippen molar-refractivity contribution in [1.29, 1.82) is 0 Å². The molecule has 0 saturated carbocycles. The van der Waals surface area contributed by atoms with Crippen LogP contribution in [0.25, 0.3) is 0 Å². The maximum Gasteiger partial charge on any atom is 0.265 e. The maximum atomic E-state index is 13.3. The number of hydrogen-bond acceptors (Lipinski definition) is 3. The second-order valence-electron chi connectivity index (χ2n) is 3.04. The van der Waals surface area contributed by atoms with Gasteiger partial charge in [-0.2, -0.15) is 0 Å². The van der Waals surface area contributed by atoms with Crippen molar-refractivity contribution in [3.8, 4) is 0 Å². The van der Waals surface area contributed by atoms with Crippen LogP contribution < -0.4 is 5.32 Å². The van der Waals surface area contributed by atoms with Gasteiger partial charge in [-0.25, -0.2) is 4.39 Å². The molecular formula is C10H5Br2FN2OS. The van der Waals surface area contributed by atoms with Crippen LogP contribution in [0, 0.1) is 5.82 Å². The summed E-state index contributed by atoms with van der Waals surface area (Å²) in [5.41, 5.74) is 0.116. The topological polar surface area (TPSA) is 42.0 Å². The number of amides is 1. The van der Waals surface area contributed by atoms with Crippen LogP contribution in [0.4, 0.5) is 10.1 Å². The molecule has 1 N–H and O–H groups in total. The van der Waals surface area contributed by atoms with Crippen molar-refractivity contribution in [2.24, 2.45) is 0 Å². The molecule has 2 aromatic heterocycles. The molecule has 0 saturated heterocycles. The maximum absolute atomic E-state index is 13.3. The quantitative estimate of drug-likeness (QED) is 0.854. The van der Waals surface area contributed by atoms with Crippen LogP contribution in [0.1, 0.15) is 9.67 Å². The molecule has 88 valence electrons.